The summed E-state index contributed by atoms with van der Waals surface area (Å²) in [6, 6.07) is 6.78. The molecule has 1 aliphatic rings. The van der Waals surface area contributed by atoms with Crippen LogP contribution in [0.1, 0.15) is 37.8 Å². The molecule has 2 N–H and O–H groups in total. The molecule has 2 rings (SSSR count). The Bertz CT molecular complexity index is 436. The van der Waals surface area contributed by atoms with E-state index in [-0.39, 0.29) is 6.04 Å². The molecule has 20 heavy (non-hydrogen) atoms. The highest BCUT2D eigenvalue weighted by atomic mass is 16.5. The average Bonchev–Trinajstić information content (AvgIpc) is 2.96. The van der Waals surface area contributed by atoms with E-state index in [1.165, 1.54) is 19.3 Å². The molecule has 2 unspecified atom stereocenters. The van der Waals surface area contributed by atoms with E-state index in [2.05, 4.69) is 17.9 Å². The molecule has 0 spiro atoms. The van der Waals surface area contributed by atoms with Gasteiger partial charge in [-0.25, -0.2) is 0 Å². The Morgan fingerprint density at radius 2 is 2.15 bits per heavy atom. The highest BCUT2D eigenvalue weighted by molar-refractivity contribution is 5.42. The second-order valence-electron chi connectivity index (χ2n) is 5.30. The largest absolute Gasteiger partial charge is 0.497 e. The zero-order valence-electron chi connectivity index (χ0n) is 12.8. The van der Waals surface area contributed by atoms with Crippen molar-refractivity contribution in [2.75, 3.05) is 27.3 Å². The third-order valence-electron chi connectivity index (χ3n) is 4.31. The summed E-state index contributed by atoms with van der Waals surface area (Å²) in [6.07, 6.45) is 3.68. The fourth-order valence-corrected chi connectivity index (χ4v) is 3.25. The molecular formula is C16H26N2O2. The van der Waals surface area contributed by atoms with Crippen molar-refractivity contribution in [2.24, 2.45) is 5.73 Å². The van der Waals surface area contributed by atoms with Gasteiger partial charge in [-0.1, -0.05) is 6.92 Å². The number of ether oxygens (including phenoxy) is 2. The van der Waals surface area contributed by atoms with Gasteiger partial charge in [-0.15, -0.1) is 0 Å². The maximum atomic E-state index is 6.08. The monoisotopic (exact) mass is 278 g/mol. The lowest BCUT2D eigenvalue weighted by Crippen LogP contribution is -2.37. The van der Waals surface area contributed by atoms with Gasteiger partial charge < -0.3 is 15.2 Å². The van der Waals surface area contributed by atoms with Crippen LogP contribution in [0.5, 0.6) is 11.5 Å². The van der Waals surface area contributed by atoms with E-state index in [1.807, 2.05) is 12.1 Å². The van der Waals surface area contributed by atoms with E-state index in [1.54, 1.807) is 14.2 Å². The third-order valence-corrected chi connectivity index (χ3v) is 4.31. The highest BCUT2D eigenvalue weighted by Crippen LogP contribution is 2.36. The first kappa shape index (κ1) is 15.1. The second-order valence-corrected chi connectivity index (χ2v) is 5.30. The number of nitrogens with two attached hydrogens (primary N) is 1. The Kier molecular flexibility index (Phi) is 5.26. The van der Waals surface area contributed by atoms with Gasteiger partial charge in [-0.2, -0.15) is 0 Å². The molecular weight excluding hydrogens is 252 g/mol. The van der Waals surface area contributed by atoms with Crippen molar-refractivity contribution < 1.29 is 9.47 Å². The summed E-state index contributed by atoms with van der Waals surface area (Å²) in [6.45, 7) is 3.96. The van der Waals surface area contributed by atoms with E-state index in [4.69, 9.17) is 15.2 Å². The Hall–Kier alpha value is -1.26. The molecule has 112 valence electrons. The van der Waals surface area contributed by atoms with Crippen molar-refractivity contribution in [3.63, 3.8) is 0 Å². The predicted octanol–water partition coefficient (Wildman–Crippen LogP) is 2.58. The summed E-state index contributed by atoms with van der Waals surface area (Å²) in [5.41, 5.74) is 7.21. The molecule has 0 bridgehead atoms. The number of rotatable bonds is 6. The molecule has 4 heteroatoms. The minimum Gasteiger partial charge on any atom is -0.497 e. The molecule has 1 fully saturated rings. The van der Waals surface area contributed by atoms with Gasteiger partial charge in [-0.3, -0.25) is 4.90 Å². The molecule has 0 radical (unpaired) electrons. The normalized spacial score (nSPS) is 20.9. The Labute approximate surface area is 121 Å². The fourth-order valence-electron chi connectivity index (χ4n) is 3.25. The first-order valence-electron chi connectivity index (χ1n) is 7.42. The van der Waals surface area contributed by atoms with E-state index in [0.717, 1.165) is 23.6 Å². The zero-order valence-corrected chi connectivity index (χ0v) is 12.8. The molecule has 1 saturated heterocycles. The summed E-state index contributed by atoms with van der Waals surface area (Å²) in [4.78, 5) is 2.53. The van der Waals surface area contributed by atoms with Crippen LogP contribution in [0.25, 0.3) is 0 Å². The van der Waals surface area contributed by atoms with Crippen LogP contribution >= 0.6 is 0 Å². The highest BCUT2D eigenvalue weighted by Gasteiger charge is 2.31. The minimum absolute atomic E-state index is 0.201. The molecule has 0 aliphatic carbocycles. The summed E-state index contributed by atoms with van der Waals surface area (Å²) in [7, 11) is 3.40. The lowest BCUT2D eigenvalue weighted by Gasteiger charge is -2.33. The van der Waals surface area contributed by atoms with Gasteiger partial charge in [-0.05, 0) is 44.0 Å². The Morgan fingerprint density at radius 1 is 1.35 bits per heavy atom. The summed E-state index contributed by atoms with van der Waals surface area (Å²) < 4.78 is 10.9. The van der Waals surface area contributed by atoms with Crippen LogP contribution in [0.2, 0.25) is 0 Å². The minimum atomic E-state index is 0.201. The van der Waals surface area contributed by atoms with Crippen LogP contribution in [-0.2, 0) is 0 Å². The molecule has 0 amide bonds. The lowest BCUT2D eigenvalue weighted by molar-refractivity contribution is 0.177. The van der Waals surface area contributed by atoms with Crippen LogP contribution in [0, 0.1) is 0 Å². The van der Waals surface area contributed by atoms with Crippen LogP contribution in [-0.4, -0.2) is 38.3 Å². The standard InChI is InChI=1S/C16H26N2O2/c1-4-12-6-5-9-18(12)15(11-17)14-10-13(19-2)7-8-16(14)20-3/h7-8,10,12,15H,4-6,9,11,17H2,1-3H3. The topological polar surface area (TPSA) is 47.7 Å². The molecule has 1 aromatic rings. The number of nitrogens with zero attached hydrogens (tertiary/aromatic N) is 1. The van der Waals surface area contributed by atoms with Gasteiger partial charge in [0, 0.05) is 18.2 Å². The zero-order chi connectivity index (χ0) is 14.5. The van der Waals surface area contributed by atoms with Gasteiger partial charge in [0.2, 0.25) is 0 Å². The molecule has 1 heterocycles. The first-order valence-corrected chi connectivity index (χ1v) is 7.42. The molecule has 0 aromatic heterocycles. The van der Waals surface area contributed by atoms with Gasteiger partial charge >= 0.3 is 0 Å². The maximum Gasteiger partial charge on any atom is 0.123 e. The number of methoxy groups -OCH3 is 2. The number of hydrogen-bond acceptors (Lipinski definition) is 4. The Morgan fingerprint density at radius 3 is 2.75 bits per heavy atom. The summed E-state index contributed by atoms with van der Waals surface area (Å²) >= 11 is 0. The van der Waals surface area contributed by atoms with E-state index >= 15 is 0 Å². The Balaban J connectivity index is 2.34. The lowest BCUT2D eigenvalue weighted by atomic mass is 10.0. The van der Waals surface area contributed by atoms with Crippen LogP contribution < -0.4 is 15.2 Å². The average molecular weight is 278 g/mol. The van der Waals surface area contributed by atoms with Crippen molar-refractivity contribution in [1.82, 2.24) is 4.90 Å². The van der Waals surface area contributed by atoms with Crippen molar-refractivity contribution in [3.05, 3.63) is 23.8 Å². The number of hydrogen-bond donors (Lipinski definition) is 1. The fraction of sp³-hybridized carbons (Fsp3) is 0.625. The van der Waals surface area contributed by atoms with Gasteiger partial charge in [0.25, 0.3) is 0 Å². The van der Waals surface area contributed by atoms with E-state index in [9.17, 15) is 0 Å². The van der Waals surface area contributed by atoms with Crippen LogP contribution in [0.3, 0.4) is 0 Å². The maximum absolute atomic E-state index is 6.08. The smallest absolute Gasteiger partial charge is 0.123 e. The molecule has 2 atom stereocenters. The van der Waals surface area contributed by atoms with E-state index < -0.39 is 0 Å². The molecule has 0 saturated carbocycles. The van der Waals surface area contributed by atoms with Crippen molar-refractivity contribution >= 4 is 0 Å². The number of likely N-dealkylation sites (tertiary alicyclic amines) is 1. The summed E-state index contributed by atoms with van der Waals surface area (Å²) in [5, 5.41) is 0. The molecule has 1 aromatic carbocycles. The van der Waals surface area contributed by atoms with Gasteiger partial charge in [0.05, 0.1) is 20.3 Å². The molecule has 1 aliphatic heterocycles. The predicted molar refractivity (Wildman–Crippen MR) is 81.4 cm³/mol. The first-order chi connectivity index (χ1) is 9.74. The SMILES string of the molecule is CCC1CCCN1C(CN)c1cc(OC)ccc1OC. The number of benzene rings is 1. The van der Waals surface area contributed by atoms with Gasteiger partial charge in [0.1, 0.15) is 11.5 Å². The quantitative estimate of drug-likeness (QED) is 0.869. The van der Waals surface area contributed by atoms with E-state index in [0.29, 0.717) is 12.6 Å². The van der Waals surface area contributed by atoms with Crippen molar-refractivity contribution in [2.45, 2.75) is 38.3 Å². The molecule has 4 nitrogen and oxygen atoms in total. The van der Waals surface area contributed by atoms with Crippen LogP contribution in [0.4, 0.5) is 0 Å². The van der Waals surface area contributed by atoms with Crippen LogP contribution in [0.15, 0.2) is 18.2 Å². The van der Waals surface area contributed by atoms with Gasteiger partial charge in [0.15, 0.2) is 0 Å². The van der Waals surface area contributed by atoms with Crippen molar-refractivity contribution in [1.29, 1.82) is 0 Å². The van der Waals surface area contributed by atoms with Crippen molar-refractivity contribution in [3.8, 4) is 11.5 Å². The summed E-state index contributed by atoms with van der Waals surface area (Å²) in [5.74, 6) is 1.74. The second kappa shape index (κ2) is 6.95. The third kappa shape index (κ3) is 2.91.